The number of rotatable bonds is 9. The first kappa shape index (κ1) is 23.7. The second kappa shape index (κ2) is 12.2. The molecule has 0 nitrogen and oxygen atoms in total. The van der Waals surface area contributed by atoms with Crippen LogP contribution in [0.15, 0.2) is 106 Å². The fraction of sp³-hybridized carbons (Fsp3) is 0.357. The minimum atomic E-state index is 1.02. The fourth-order valence-electron chi connectivity index (χ4n) is 3.01. The molecule has 0 aromatic rings. The standard InChI is InChI=1S/C28H38/c1-9-26(19-15-24(7)23(6)14-11-21(3)4)27(10-2)20-16-25(8)28-17-12-22(5)13-18-28/h11-12,14-17,19-20H,3,6,9-10,13,18H2,1-2,4-5,7-8H3/b14-11-,24-15+,25-16+,26-19+,27-20+. The van der Waals surface area contributed by atoms with Crippen LogP contribution in [0.3, 0.4) is 0 Å². The van der Waals surface area contributed by atoms with E-state index in [1.807, 2.05) is 19.1 Å². The molecule has 0 heterocycles. The normalized spacial score (nSPS) is 16.9. The van der Waals surface area contributed by atoms with E-state index in [9.17, 15) is 0 Å². The van der Waals surface area contributed by atoms with Crippen LogP contribution in [-0.4, -0.2) is 0 Å². The molecule has 0 bridgehead atoms. The summed E-state index contributed by atoms with van der Waals surface area (Å²) in [5.41, 5.74) is 10.3. The second-order valence-corrected chi connectivity index (χ2v) is 7.70. The van der Waals surface area contributed by atoms with Crippen LogP contribution in [0, 0.1) is 0 Å². The van der Waals surface area contributed by atoms with Gasteiger partial charge in [-0.3, -0.25) is 0 Å². The van der Waals surface area contributed by atoms with Crippen LogP contribution in [0.1, 0.15) is 67.2 Å². The van der Waals surface area contributed by atoms with E-state index in [4.69, 9.17) is 0 Å². The van der Waals surface area contributed by atoms with Crippen molar-refractivity contribution in [2.75, 3.05) is 0 Å². The highest BCUT2D eigenvalue weighted by Crippen LogP contribution is 2.25. The van der Waals surface area contributed by atoms with Crippen LogP contribution >= 0.6 is 0 Å². The van der Waals surface area contributed by atoms with E-state index in [-0.39, 0.29) is 0 Å². The van der Waals surface area contributed by atoms with Crippen LogP contribution in [-0.2, 0) is 0 Å². The fourth-order valence-corrected chi connectivity index (χ4v) is 3.01. The largest absolute Gasteiger partial charge is 0.0961 e. The van der Waals surface area contributed by atoms with E-state index in [1.54, 1.807) is 0 Å². The lowest BCUT2D eigenvalue weighted by Gasteiger charge is -2.13. The quantitative estimate of drug-likeness (QED) is 0.353. The summed E-state index contributed by atoms with van der Waals surface area (Å²) in [4.78, 5) is 0. The highest BCUT2D eigenvalue weighted by molar-refractivity contribution is 5.44. The van der Waals surface area contributed by atoms with Gasteiger partial charge in [0.1, 0.15) is 0 Å². The van der Waals surface area contributed by atoms with Crippen molar-refractivity contribution in [3.63, 3.8) is 0 Å². The molecule has 0 spiro atoms. The lowest BCUT2D eigenvalue weighted by atomic mass is 9.93. The average Bonchev–Trinajstić information content (AvgIpc) is 2.68. The minimum absolute atomic E-state index is 1.02. The summed E-state index contributed by atoms with van der Waals surface area (Å²) >= 11 is 0. The molecule has 1 rings (SSSR count). The first-order chi connectivity index (χ1) is 13.3. The maximum atomic E-state index is 4.15. The lowest BCUT2D eigenvalue weighted by molar-refractivity contribution is 0.912. The maximum Gasteiger partial charge on any atom is -0.0239 e. The molecule has 0 heteroatoms. The molecule has 0 fully saturated rings. The van der Waals surface area contributed by atoms with Crippen LogP contribution in [0.2, 0.25) is 0 Å². The van der Waals surface area contributed by atoms with Crippen molar-refractivity contribution in [2.24, 2.45) is 0 Å². The Hall–Kier alpha value is -2.34. The summed E-state index contributed by atoms with van der Waals surface area (Å²) < 4.78 is 0. The molecule has 0 aliphatic heterocycles. The topological polar surface area (TPSA) is 0 Å². The average molecular weight is 375 g/mol. The molecule has 28 heavy (non-hydrogen) atoms. The van der Waals surface area contributed by atoms with E-state index >= 15 is 0 Å². The molecule has 0 saturated carbocycles. The van der Waals surface area contributed by atoms with Gasteiger partial charge in [0.15, 0.2) is 0 Å². The van der Waals surface area contributed by atoms with Gasteiger partial charge in [0.2, 0.25) is 0 Å². The minimum Gasteiger partial charge on any atom is -0.0961 e. The third-order valence-corrected chi connectivity index (χ3v) is 5.18. The number of hydrogen-bond donors (Lipinski definition) is 0. The molecule has 0 aromatic heterocycles. The summed E-state index contributed by atoms with van der Waals surface area (Å²) in [6, 6.07) is 0. The molecule has 1 aliphatic rings. The van der Waals surface area contributed by atoms with Crippen molar-refractivity contribution >= 4 is 0 Å². The molecule has 0 saturated heterocycles. The highest BCUT2D eigenvalue weighted by atomic mass is 14.1. The lowest BCUT2D eigenvalue weighted by Crippen LogP contribution is -1.93. The molecule has 0 aromatic carbocycles. The SMILES string of the molecule is C=C(C)/C=C\C(=C)/C(C)=C/C=C(CC)/C(=C/C=C(\C)C1=CC=C(C)CC1)CC. The van der Waals surface area contributed by atoms with Crippen LogP contribution < -0.4 is 0 Å². The Morgan fingerprint density at radius 3 is 1.96 bits per heavy atom. The smallest absolute Gasteiger partial charge is 0.0239 e. The van der Waals surface area contributed by atoms with Gasteiger partial charge in [0.25, 0.3) is 0 Å². The van der Waals surface area contributed by atoms with Gasteiger partial charge in [-0.1, -0.05) is 86.8 Å². The van der Waals surface area contributed by atoms with Crippen molar-refractivity contribution in [1.82, 2.24) is 0 Å². The molecule has 0 amide bonds. The Bertz CT molecular complexity index is 795. The summed E-state index contributed by atoms with van der Waals surface area (Å²) in [6.45, 7) is 21.0. The Labute approximate surface area is 173 Å². The molecule has 0 unspecified atom stereocenters. The van der Waals surface area contributed by atoms with Crippen molar-refractivity contribution in [3.8, 4) is 0 Å². The van der Waals surface area contributed by atoms with Gasteiger partial charge in [-0.05, 0) is 86.8 Å². The van der Waals surface area contributed by atoms with Crippen molar-refractivity contribution in [1.29, 1.82) is 0 Å². The molecule has 0 atom stereocenters. The highest BCUT2D eigenvalue weighted by Gasteiger charge is 2.05. The Balaban J connectivity index is 3.03. The summed E-state index contributed by atoms with van der Waals surface area (Å²) in [5.74, 6) is 0. The maximum absolute atomic E-state index is 4.15. The zero-order valence-corrected chi connectivity index (χ0v) is 18.9. The van der Waals surface area contributed by atoms with Gasteiger partial charge in [0, 0.05) is 0 Å². The Kier molecular flexibility index (Phi) is 10.3. The molecule has 1 aliphatic carbocycles. The van der Waals surface area contributed by atoms with Gasteiger partial charge in [0.05, 0.1) is 0 Å². The third-order valence-electron chi connectivity index (χ3n) is 5.18. The molecule has 0 radical (unpaired) electrons. The third kappa shape index (κ3) is 8.13. The van der Waals surface area contributed by atoms with E-state index in [2.05, 4.69) is 84.2 Å². The first-order valence-electron chi connectivity index (χ1n) is 10.4. The monoisotopic (exact) mass is 374 g/mol. The van der Waals surface area contributed by atoms with Gasteiger partial charge in [-0.2, -0.15) is 0 Å². The zero-order chi connectivity index (χ0) is 21.1. The first-order valence-corrected chi connectivity index (χ1v) is 10.4. The van der Waals surface area contributed by atoms with Gasteiger partial charge in [-0.15, -0.1) is 0 Å². The molecule has 0 N–H and O–H groups in total. The van der Waals surface area contributed by atoms with Crippen molar-refractivity contribution in [2.45, 2.75) is 67.2 Å². The summed E-state index contributed by atoms with van der Waals surface area (Å²) in [7, 11) is 0. The van der Waals surface area contributed by atoms with Crippen LogP contribution in [0.25, 0.3) is 0 Å². The van der Waals surface area contributed by atoms with E-state index in [0.717, 1.165) is 30.4 Å². The Morgan fingerprint density at radius 1 is 0.857 bits per heavy atom. The van der Waals surface area contributed by atoms with Gasteiger partial charge in [-0.25, -0.2) is 0 Å². The van der Waals surface area contributed by atoms with Crippen molar-refractivity contribution < 1.29 is 0 Å². The number of allylic oxidation sites excluding steroid dienone is 16. The van der Waals surface area contributed by atoms with Crippen LogP contribution in [0.5, 0.6) is 0 Å². The molecular formula is C28H38. The van der Waals surface area contributed by atoms with Crippen molar-refractivity contribution in [3.05, 3.63) is 106 Å². The van der Waals surface area contributed by atoms with Gasteiger partial charge >= 0.3 is 0 Å². The summed E-state index contributed by atoms with van der Waals surface area (Å²) in [5, 5.41) is 0. The van der Waals surface area contributed by atoms with E-state index < -0.39 is 0 Å². The van der Waals surface area contributed by atoms with Gasteiger partial charge < -0.3 is 0 Å². The van der Waals surface area contributed by atoms with E-state index in [1.165, 1.54) is 39.9 Å². The summed E-state index contributed by atoms with van der Waals surface area (Å²) in [6.07, 6.45) is 22.0. The number of hydrogen-bond acceptors (Lipinski definition) is 0. The predicted octanol–water partition coefficient (Wildman–Crippen LogP) is 8.91. The second-order valence-electron chi connectivity index (χ2n) is 7.70. The molecule has 150 valence electrons. The van der Waals surface area contributed by atoms with E-state index in [0.29, 0.717) is 0 Å². The molecular weight excluding hydrogens is 336 g/mol. The predicted molar refractivity (Wildman–Crippen MR) is 128 cm³/mol. The van der Waals surface area contributed by atoms with Crippen LogP contribution in [0.4, 0.5) is 0 Å². The zero-order valence-electron chi connectivity index (χ0n) is 18.9. The Morgan fingerprint density at radius 2 is 1.46 bits per heavy atom.